The van der Waals surface area contributed by atoms with E-state index in [0.717, 1.165) is 32.4 Å². The zero-order chi connectivity index (χ0) is 14.2. The molecule has 1 aliphatic heterocycles. The van der Waals surface area contributed by atoms with E-state index in [4.69, 9.17) is 5.73 Å². The normalized spacial score (nSPS) is 30.1. The lowest BCUT2D eigenvalue weighted by molar-refractivity contribution is -0.0612. The van der Waals surface area contributed by atoms with E-state index in [0.29, 0.717) is 12.5 Å². The van der Waals surface area contributed by atoms with Gasteiger partial charge < -0.3 is 15.7 Å². The van der Waals surface area contributed by atoms with E-state index in [-0.39, 0.29) is 0 Å². The Morgan fingerprint density at radius 1 is 1.35 bits per heavy atom. The van der Waals surface area contributed by atoms with Crippen molar-refractivity contribution in [3.05, 3.63) is 29.3 Å². The Morgan fingerprint density at radius 2 is 2.20 bits per heavy atom. The summed E-state index contributed by atoms with van der Waals surface area (Å²) in [6.45, 7) is 4.64. The van der Waals surface area contributed by atoms with Gasteiger partial charge in [-0.05, 0) is 43.4 Å². The molecule has 2 atom stereocenters. The number of fused-ring (bicyclic) bond motifs is 1. The second-order valence-corrected chi connectivity index (χ2v) is 6.58. The highest BCUT2D eigenvalue weighted by atomic mass is 16.3. The summed E-state index contributed by atoms with van der Waals surface area (Å²) in [7, 11) is 0. The molecule has 110 valence electrons. The topological polar surface area (TPSA) is 49.5 Å². The Morgan fingerprint density at radius 3 is 3.00 bits per heavy atom. The van der Waals surface area contributed by atoms with E-state index in [1.54, 1.807) is 0 Å². The molecule has 0 radical (unpaired) electrons. The fourth-order valence-corrected chi connectivity index (χ4v) is 3.93. The molecule has 1 heterocycles. The molecule has 3 heteroatoms. The van der Waals surface area contributed by atoms with Crippen LogP contribution >= 0.6 is 0 Å². The Kier molecular flexibility index (Phi) is 3.74. The Balaban J connectivity index is 1.84. The Labute approximate surface area is 121 Å². The number of aliphatic hydroxyl groups is 1. The molecule has 1 saturated heterocycles. The minimum absolute atomic E-state index is 0.401. The molecule has 1 aromatic carbocycles. The molecule has 2 fully saturated rings. The first-order valence-corrected chi connectivity index (χ1v) is 7.89. The molecular weight excluding hydrogens is 248 g/mol. The first-order chi connectivity index (χ1) is 9.62. The zero-order valence-corrected chi connectivity index (χ0v) is 12.4. The van der Waals surface area contributed by atoms with Crippen LogP contribution in [0.25, 0.3) is 0 Å². The molecule has 0 aromatic heterocycles. The summed E-state index contributed by atoms with van der Waals surface area (Å²) in [6.07, 6.45) is 5.50. The Hall–Kier alpha value is -1.06. The SMILES string of the molecule is Cc1ccc(CN)c(N2CCC3(O)CCCCC3C2)c1. The largest absolute Gasteiger partial charge is 0.389 e. The minimum atomic E-state index is -0.401. The number of rotatable bonds is 2. The van der Waals surface area contributed by atoms with Gasteiger partial charge in [-0.2, -0.15) is 0 Å². The summed E-state index contributed by atoms with van der Waals surface area (Å²) < 4.78 is 0. The molecule has 2 aliphatic rings. The van der Waals surface area contributed by atoms with Gasteiger partial charge in [-0.25, -0.2) is 0 Å². The average molecular weight is 274 g/mol. The van der Waals surface area contributed by atoms with E-state index < -0.39 is 5.60 Å². The van der Waals surface area contributed by atoms with E-state index in [2.05, 4.69) is 30.0 Å². The maximum absolute atomic E-state index is 10.8. The number of aryl methyl sites for hydroxylation is 1. The first kappa shape index (κ1) is 13.9. The maximum Gasteiger partial charge on any atom is 0.0709 e. The summed E-state index contributed by atoms with van der Waals surface area (Å²) in [5.41, 5.74) is 9.26. The van der Waals surface area contributed by atoms with E-state index >= 15 is 0 Å². The van der Waals surface area contributed by atoms with E-state index in [1.807, 2.05) is 0 Å². The highest BCUT2D eigenvalue weighted by Gasteiger charge is 2.42. The maximum atomic E-state index is 10.8. The summed E-state index contributed by atoms with van der Waals surface area (Å²) in [4.78, 5) is 2.44. The molecule has 1 aromatic rings. The van der Waals surface area contributed by atoms with Crippen molar-refractivity contribution in [1.82, 2.24) is 0 Å². The van der Waals surface area contributed by atoms with Crippen LogP contribution in [-0.4, -0.2) is 23.8 Å². The number of benzene rings is 1. The number of anilines is 1. The average Bonchev–Trinajstić information content (AvgIpc) is 2.46. The van der Waals surface area contributed by atoms with Crippen LogP contribution in [0.5, 0.6) is 0 Å². The van der Waals surface area contributed by atoms with E-state index in [9.17, 15) is 5.11 Å². The molecule has 3 N–H and O–H groups in total. The Bertz CT molecular complexity index is 488. The van der Waals surface area contributed by atoms with Gasteiger partial charge in [-0.3, -0.25) is 0 Å². The van der Waals surface area contributed by atoms with Gasteiger partial charge in [-0.15, -0.1) is 0 Å². The first-order valence-electron chi connectivity index (χ1n) is 7.89. The van der Waals surface area contributed by atoms with Crippen molar-refractivity contribution in [2.75, 3.05) is 18.0 Å². The van der Waals surface area contributed by atoms with Crippen molar-refractivity contribution < 1.29 is 5.11 Å². The fraction of sp³-hybridized carbons (Fsp3) is 0.647. The summed E-state index contributed by atoms with van der Waals surface area (Å²) in [5.74, 6) is 0.427. The third kappa shape index (κ3) is 2.45. The summed E-state index contributed by atoms with van der Waals surface area (Å²) >= 11 is 0. The number of piperidine rings is 1. The highest BCUT2D eigenvalue weighted by molar-refractivity contribution is 5.56. The summed E-state index contributed by atoms with van der Waals surface area (Å²) in [5, 5.41) is 10.8. The van der Waals surface area contributed by atoms with Crippen LogP contribution in [-0.2, 0) is 6.54 Å². The molecule has 0 spiro atoms. The smallest absolute Gasteiger partial charge is 0.0709 e. The van der Waals surface area contributed by atoms with Crippen LogP contribution < -0.4 is 10.6 Å². The van der Waals surface area contributed by atoms with Gasteiger partial charge in [0.25, 0.3) is 0 Å². The van der Waals surface area contributed by atoms with Crippen LogP contribution in [0.2, 0.25) is 0 Å². The van der Waals surface area contributed by atoms with Gasteiger partial charge in [0.15, 0.2) is 0 Å². The van der Waals surface area contributed by atoms with Gasteiger partial charge >= 0.3 is 0 Å². The van der Waals surface area contributed by atoms with Gasteiger partial charge in [-0.1, -0.05) is 25.0 Å². The molecular formula is C17H26N2O. The lowest BCUT2D eigenvalue weighted by Gasteiger charge is -2.48. The quantitative estimate of drug-likeness (QED) is 0.871. The van der Waals surface area contributed by atoms with Crippen molar-refractivity contribution in [1.29, 1.82) is 0 Å². The predicted octanol–water partition coefficient (Wildman–Crippen LogP) is 2.59. The van der Waals surface area contributed by atoms with Crippen LogP contribution in [0.1, 0.15) is 43.2 Å². The highest BCUT2D eigenvalue weighted by Crippen LogP contribution is 2.41. The number of hydrogen-bond donors (Lipinski definition) is 2. The molecule has 20 heavy (non-hydrogen) atoms. The van der Waals surface area contributed by atoms with Crippen molar-refractivity contribution >= 4 is 5.69 Å². The second kappa shape index (κ2) is 5.38. The van der Waals surface area contributed by atoms with Crippen LogP contribution in [0.3, 0.4) is 0 Å². The number of hydrogen-bond acceptors (Lipinski definition) is 3. The van der Waals surface area contributed by atoms with Crippen LogP contribution in [0, 0.1) is 12.8 Å². The molecule has 1 saturated carbocycles. The van der Waals surface area contributed by atoms with Gasteiger partial charge in [0, 0.05) is 31.2 Å². The summed E-state index contributed by atoms with van der Waals surface area (Å²) in [6, 6.07) is 6.52. The van der Waals surface area contributed by atoms with Gasteiger partial charge in [0.2, 0.25) is 0 Å². The van der Waals surface area contributed by atoms with E-state index in [1.165, 1.54) is 29.7 Å². The molecule has 3 nitrogen and oxygen atoms in total. The van der Waals surface area contributed by atoms with Crippen LogP contribution in [0.4, 0.5) is 5.69 Å². The van der Waals surface area contributed by atoms with Crippen molar-refractivity contribution in [3.63, 3.8) is 0 Å². The minimum Gasteiger partial charge on any atom is -0.389 e. The van der Waals surface area contributed by atoms with Crippen molar-refractivity contribution in [2.45, 2.75) is 51.2 Å². The molecule has 0 amide bonds. The second-order valence-electron chi connectivity index (χ2n) is 6.58. The molecule has 1 aliphatic carbocycles. The van der Waals surface area contributed by atoms with Gasteiger partial charge in [0.05, 0.1) is 5.60 Å². The van der Waals surface area contributed by atoms with Crippen LogP contribution in [0.15, 0.2) is 18.2 Å². The third-order valence-corrected chi connectivity index (χ3v) is 5.23. The molecule has 0 bridgehead atoms. The molecule has 3 rings (SSSR count). The van der Waals surface area contributed by atoms with Gasteiger partial charge in [0.1, 0.15) is 0 Å². The lowest BCUT2D eigenvalue weighted by Crippen LogP contribution is -2.53. The van der Waals surface area contributed by atoms with Crippen molar-refractivity contribution in [3.8, 4) is 0 Å². The number of nitrogens with two attached hydrogens (primary N) is 1. The third-order valence-electron chi connectivity index (χ3n) is 5.23. The zero-order valence-electron chi connectivity index (χ0n) is 12.4. The standard InChI is InChI=1S/C17H26N2O/c1-13-5-6-14(11-18)16(10-13)19-9-8-17(20)7-3-2-4-15(17)12-19/h5-6,10,15,20H,2-4,7-9,11-12,18H2,1H3. The fourth-order valence-electron chi connectivity index (χ4n) is 3.93. The lowest BCUT2D eigenvalue weighted by atomic mass is 9.71. The predicted molar refractivity (Wildman–Crippen MR) is 82.8 cm³/mol. The molecule has 2 unspecified atom stereocenters. The monoisotopic (exact) mass is 274 g/mol. The number of nitrogens with zero attached hydrogens (tertiary/aromatic N) is 1. The van der Waals surface area contributed by atoms with Crippen molar-refractivity contribution in [2.24, 2.45) is 11.7 Å².